The number of aliphatic hydroxyl groups is 1. The van der Waals surface area contributed by atoms with Crippen molar-refractivity contribution in [3.05, 3.63) is 93.9 Å². The molecule has 0 aliphatic carbocycles. The number of aromatic amines is 1. The van der Waals surface area contributed by atoms with Crippen molar-refractivity contribution in [2.45, 2.75) is 70.9 Å². The first-order valence-electron chi connectivity index (χ1n) is 16.9. The van der Waals surface area contributed by atoms with Gasteiger partial charge in [0.25, 0.3) is 0 Å². The lowest BCUT2D eigenvalue weighted by atomic mass is 10.00. The Morgan fingerprint density at radius 3 is 2.12 bits per heavy atom. The van der Waals surface area contributed by atoms with Crippen molar-refractivity contribution >= 4 is 11.8 Å². The molecule has 0 atom stereocenters. The zero-order valence-electron chi connectivity index (χ0n) is 30.0. The first-order chi connectivity index (χ1) is 23.1. The number of aromatic hydroxyl groups is 1. The van der Waals surface area contributed by atoms with Gasteiger partial charge in [-0.3, -0.25) is 4.90 Å². The first kappa shape index (κ1) is 38.9. The van der Waals surface area contributed by atoms with Crippen LogP contribution in [0.1, 0.15) is 70.6 Å². The molecule has 3 aromatic carbocycles. The van der Waals surface area contributed by atoms with E-state index in [1.165, 1.54) is 15.7 Å². The highest BCUT2D eigenvalue weighted by atomic mass is 32.2. The fourth-order valence-corrected chi connectivity index (χ4v) is 6.47. The molecular formula is C38H55N5O4S. The average Bonchev–Trinajstić information content (AvgIpc) is 3.50. The number of piperazine rings is 1. The number of nitrogens with one attached hydrogen (secondary N) is 1. The number of rotatable bonds is 12. The summed E-state index contributed by atoms with van der Waals surface area (Å²) in [5.41, 5.74) is 4.53. The molecule has 0 radical (unpaired) electrons. The van der Waals surface area contributed by atoms with Crippen molar-refractivity contribution in [3.63, 3.8) is 0 Å². The van der Waals surface area contributed by atoms with Gasteiger partial charge in [0.05, 0.1) is 18.4 Å². The largest absolute Gasteiger partial charge is 0.507 e. The molecule has 1 saturated heterocycles. The van der Waals surface area contributed by atoms with E-state index < -0.39 is 0 Å². The molecule has 1 aliphatic rings. The second kappa shape index (κ2) is 18.8. The Kier molecular flexibility index (Phi) is 15.3. The van der Waals surface area contributed by atoms with Gasteiger partial charge in [0, 0.05) is 50.3 Å². The van der Waals surface area contributed by atoms with Gasteiger partial charge in [-0.25, -0.2) is 14.5 Å². The van der Waals surface area contributed by atoms with Gasteiger partial charge in [-0.2, -0.15) is 16.9 Å². The molecule has 0 saturated carbocycles. The number of nitrogens with zero attached hydrogens (tertiary/aromatic N) is 4. The Labute approximate surface area is 291 Å². The topological polar surface area (TPSA) is 107 Å². The Hall–Kier alpha value is -3.57. The van der Waals surface area contributed by atoms with Crippen LogP contribution >= 0.6 is 11.8 Å². The van der Waals surface area contributed by atoms with Crippen LogP contribution in [-0.2, 0) is 12.3 Å². The van der Waals surface area contributed by atoms with E-state index in [9.17, 15) is 9.90 Å². The predicted molar refractivity (Wildman–Crippen MR) is 200 cm³/mol. The van der Waals surface area contributed by atoms with Crippen molar-refractivity contribution in [2.75, 3.05) is 46.9 Å². The zero-order valence-corrected chi connectivity index (χ0v) is 30.8. The van der Waals surface area contributed by atoms with E-state index in [0.717, 1.165) is 69.9 Å². The summed E-state index contributed by atoms with van der Waals surface area (Å²) >= 11 is 2.02. The maximum Gasteiger partial charge on any atom is 0.348 e. The van der Waals surface area contributed by atoms with E-state index >= 15 is 0 Å². The maximum absolute atomic E-state index is 12.8. The number of aromatic nitrogens is 3. The van der Waals surface area contributed by atoms with Gasteiger partial charge in [0.2, 0.25) is 0 Å². The molecule has 3 N–H and O–H groups in total. The van der Waals surface area contributed by atoms with Gasteiger partial charge in [0.1, 0.15) is 11.5 Å². The first-order valence-corrected chi connectivity index (χ1v) is 17.9. The third-order valence-corrected chi connectivity index (χ3v) is 9.95. The number of H-pyrrole nitrogens is 1. The number of benzene rings is 3. The fourth-order valence-electron chi connectivity index (χ4n) is 5.49. The molecule has 0 bridgehead atoms. The number of phenolic OH excluding ortho intramolecular Hbond substituents is 1. The molecule has 48 heavy (non-hydrogen) atoms. The van der Waals surface area contributed by atoms with Gasteiger partial charge >= 0.3 is 5.69 Å². The lowest BCUT2D eigenvalue weighted by Crippen LogP contribution is -2.46. The second-order valence-electron chi connectivity index (χ2n) is 12.5. The van der Waals surface area contributed by atoms with E-state index in [1.807, 2.05) is 62.0 Å². The van der Waals surface area contributed by atoms with Crippen molar-refractivity contribution in [1.29, 1.82) is 0 Å². The lowest BCUT2D eigenvalue weighted by Gasteiger charge is -2.36. The smallest absolute Gasteiger partial charge is 0.348 e. The predicted octanol–water partition coefficient (Wildman–Crippen LogP) is 6.92. The van der Waals surface area contributed by atoms with Crippen LogP contribution in [0.25, 0.3) is 17.1 Å². The highest BCUT2D eigenvalue weighted by molar-refractivity contribution is 7.99. The third-order valence-electron chi connectivity index (χ3n) is 8.48. The zero-order chi connectivity index (χ0) is 35.3. The second-order valence-corrected chi connectivity index (χ2v) is 14.2. The average molecular weight is 678 g/mol. The summed E-state index contributed by atoms with van der Waals surface area (Å²) < 4.78 is 7.02. The number of thioether (sulfide) groups is 1. The number of phenols is 1. The van der Waals surface area contributed by atoms with Crippen LogP contribution in [0.4, 0.5) is 0 Å². The minimum atomic E-state index is -0.333. The van der Waals surface area contributed by atoms with E-state index in [4.69, 9.17) is 9.84 Å². The van der Waals surface area contributed by atoms with E-state index in [0.29, 0.717) is 17.1 Å². The van der Waals surface area contributed by atoms with Crippen LogP contribution in [-0.4, -0.2) is 86.5 Å². The molecule has 0 amide bonds. The Morgan fingerprint density at radius 2 is 1.52 bits per heavy atom. The highest BCUT2D eigenvalue weighted by Crippen LogP contribution is 2.33. The Bertz CT molecular complexity index is 1570. The van der Waals surface area contributed by atoms with Crippen LogP contribution in [0.15, 0.2) is 71.5 Å². The molecule has 4 aromatic rings. The van der Waals surface area contributed by atoms with E-state index in [1.54, 1.807) is 13.2 Å². The Morgan fingerprint density at radius 1 is 0.917 bits per heavy atom. The summed E-state index contributed by atoms with van der Waals surface area (Å²) in [7, 11) is 2.70. The molecule has 0 unspecified atom stereocenters. The molecule has 1 aliphatic heterocycles. The fraction of sp³-hybridized carbons (Fsp3) is 0.474. The molecular weight excluding hydrogens is 623 g/mol. The normalized spacial score (nSPS) is 13.8. The molecule has 1 fully saturated rings. The van der Waals surface area contributed by atoms with Gasteiger partial charge in [-0.05, 0) is 72.0 Å². The summed E-state index contributed by atoms with van der Waals surface area (Å²) in [6.07, 6.45) is 1.16. The van der Waals surface area contributed by atoms with Crippen LogP contribution in [0, 0.1) is 0 Å². The summed E-state index contributed by atoms with van der Waals surface area (Å²) in [6.45, 7) is 19.1. The van der Waals surface area contributed by atoms with Crippen LogP contribution < -0.4 is 10.4 Å². The van der Waals surface area contributed by atoms with Crippen LogP contribution in [0.2, 0.25) is 0 Å². The third kappa shape index (κ3) is 10.7. The van der Waals surface area contributed by atoms with Crippen LogP contribution in [0.5, 0.6) is 11.5 Å². The van der Waals surface area contributed by atoms with Crippen molar-refractivity contribution in [1.82, 2.24) is 24.6 Å². The van der Waals surface area contributed by atoms with E-state index in [-0.39, 0.29) is 22.1 Å². The monoisotopic (exact) mass is 677 g/mol. The van der Waals surface area contributed by atoms with Gasteiger partial charge in [0.15, 0.2) is 5.82 Å². The van der Waals surface area contributed by atoms with Gasteiger partial charge in [-0.1, -0.05) is 71.9 Å². The summed E-state index contributed by atoms with van der Waals surface area (Å²) in [4.78, 5) is 17.8. The molecule has 5 rings (SSSR count). The number of hydrogen-bond acceptors (Lipinski definition) is 8. The molecule has 10 heteroatoms. The summed E-state index contributed by atoms with van der Waals surface area (Å²) in [5.74, 6) is 2.70. The molecule has 1 aromatic heterocycles. The highest BCUT2D eigenvalue weighted by Gasteiger charge is 2.23. The Balaban J connectivity index is 0.00000151. The number of ether oxygens (including phenoxy) is 1. The molecule has 0 spiro atoms. The maximum atomic E-state index is 12.8. The van der Waals surface area contributed by atoms with Crippen molar-refractivity contribution < 1.29 is 14.9 Å². The molecule has 9 nitrogen and oxygen atoms in total. The molecule has 2 heterocycles. The standard InChI is InChI=1S/C35H45N5O3S.C2H6.CH4O/c1-25(2)28-10-15-32(41)31(22-28)33-36-37-34(42)40(33)29-11-6-26(7-12-29)23-39-20-18-38(19-21-39)17-16-35(3,4)44-24-27-8-13-30(43-5)14-9-27;2*1-2/h6-15,22,25,41H,16-21,23-24H2,1-5H3,(H,37,42);1-2H3;2H,1H3. The molecule has 262 valence electrons. The SMILES string of the molecule is CC.CO.COc1ccc(CSC(C)(C)CCN2CCN(Cc3ccc(-n4c(-c5cc(C(C)C)ccc5O)n[nH]c4=O)cc3)CC2)cc1. The minimum Gasteiger partial charge on any atom is -0.507 e. The minimum absolute atomic E-state index is 0.0984. The van der Waals surface area contributed by atoms with E-state index in [2.05, 4.69) is 72.0 Å². The lowest BCUT2D eigenvalue weighted by molar-refractivity contribution is 0.124. The summed E-state index contributed by atoms with van der Waals surface area (Å²) in [5, 5.41) is 24.4. The number of hydrogen-bond donors (Lipinski definition) is 3. The quantitative estimate of drug-likeness (QED) is 0.148. The number of aliphatic hydroxyl groups excluding tert-OH is 1. The number of methoxy groups -OCH3 is 1. The van der Waals surface area contributed by atoms with Crippen LogP contribution in [0.3, 0.4) is 0 Å². The van der Waals surface area contributed by atoms with Gasteiger partial charge < -0.3 is 19.8 Å². The van der Waals surface area contributed by atoms with Gasteiger partial charge in [-0.15, -0.1) is 0 Å². The van der Waals surface area contributed by atoms with Crippen molar-refractivity contribution in [3.8, 4) is 28.6 Å². The summed E-state index contributed by atoms with van der Waals surface area (Å²) in [6, 6.07) is 21.9. The van der Waals surface area contributed by atoms with Crippen molar-refractivity contribution in [2.24, 2.45) is 0 Å².